The molecular weight excluding hydrogens is 202 g/mol. The number of rotatable bonds is 5. The van der Waals surface area contributed by atoms with Crippen LogP contribution in [0, 0.1) is 5.92 Å². The van der Waals surface area contributed by atoms with E-state index < -0.39 is 0 Å². The quantitative estimate of drug-likeness (QED) is 0.772. The average Bonchev–Trinajstić information content (AvgIpc) is 2.20. The number of nitrogens with two attached hydrogens (primary N) is 1. The summed E-state index contributed by atoms with van der Waals surface area (Å²) in [5.41, 5.74) is 8.09. The topological polar surface area (TPSA) is 26.0 Å². The lowest BCUT2D eigenvalue weighted by Crippen LogP contribution is -2.07. The Labute approximate surface area is 97.4 Å². The van der Waals surface area contributed by atoms with E-state index in [-0.39, 0.29) is 0 Å². The van der Waals surface area contributed by atoms with E-state index >= 15 is 0 Å². The van der Waals surface area contributed by atoms with Crippen molar-refractivity contribution in [3.63, 3.8) is 0 Å². The number of anilines is 1. The number of aryl methyl sites for hydroxylation is 1. The summed E-state index contributed by atoms with van der Waals surface area (Å²) in [4.78, 5) is 0. The van der Waals surface area contributed by atoms with Gasteiger partial charge in [-0.05, 0) is 29.7 Å². The summed E-state index contributed by atoms with van der Waals surface area (Å²) in [5, 5.41) is 0.731. The molecule has 0 aliphatic heterocycles. The molecule has 0 amide bonds. The van der Waals surface area contributed by atoms with Gasteiger partial charge >= 0.3 is 0 Å². The summed E-state index contributed by atoms with van der Waals surface area (Å²) >= 11 is 2.03. The number of benzene rings is 1. The molecule has 1 atom stereocenters. The third-order valence-electron chi connectivity index (χ3n) is 2.75. The second kappa shape index (κ2) is 6.06. The average molecular weight is 223 g/mol. The van der Waals surface area contributed by atoms with Gasteiger partial charge in [0.15, 0.2) is 0 Å². The van der Waals surface area contributed by atoms with Crippen molar-refractivity contribution in [2.45, 2.75) is 32.4 Å². The Kier molecular flexibility index (Phi) is 5.03. The fraction of sp³-hybridized carbons (Fsp3) is 0.538. The molecule has 0 radical (unpaired) electrons. The fourth-order valence-electron chi connectivity index (χ4n) is 1.31. The molecule has 0 aliphatic carbocycles. The first-order valence-corrected chi connectivity index (χ1v) is 6.61. The minimum Gasteiger partial charge on any atom is -0.399 e. The van der Waals surface area contributed by atoms with E-state index in [0.717, 1.165) is 29.0 Å². The standard InChI is InChI=1S/C13H21NS/c1-10(2)11(3)15-9-8-12-6-4-5-7-13(12)14/h4-7,10-11H,8-9,14H2,1-3H3. The van der Waals surface area contributed by atoms with E-state index in [0.29, 0.717) is 0 Å². The summed E-state index contributed by atoms with van der Waals surface area (Å²) in [5.74, 6) is 1.91. The van der Waals surface area contributed by atoms with Gasteiger partial charge in [0.1, 0.15) is 0 Å². The van der Waals surface area contributed by atoms with Crippen molar-refractivity contribution in [3.05, 3.63) is 29.8 Å². The monoisotopic (exact) mass is 223 g/mol. The van der Waals surface area contributed by atoms with Gasteiger partial charge in [0.2, 0.25) is 0 Å². The van der Waals surface area contributed by atoms with Gasteiger partial charge in [0.05, 0.1) is 0 Å². The Morgan fingerprint density at radius 1 is 1.20 bits per heavy atom. The normalized spacial score (nSPS) is 13.1. The first-order chi connectivity index (χ1) is 7.11. The van der Waals surface area contributed by atoms with Crippen LogP contribution in [0.1, 0.15) is 26.3 Å². The highest BCUT2D eigenvalue weighted by molar-refractivity contribution is 7.99. The Bertz CT molecular complexity index is 296. The number of hydrogen-bond donors (Lipinski definition) is 1. The Hall–Kier alpha value is -0.630. The molecule has 84 valence electrons. The molecule has 0 bridgehead atoms. The van der Waals surface area contributed by atoms with Crippen molar-refractivity contribution in [2.24, 2.45) is 5.92 Å². The van der Waals surface area contributed by atoms with E-state index in [1.165, 1.54) is 5.56 Å². The molecule has 15 heavy (non-hydrogen) atoms. The van der Waals surface area contributed by atoms with Crippen LogP contribution in [0.2, 0.25) is 0 Å². The van der Waals surface area contributed by atoms with E-state index in [1.54, 1.807) is 0 Å². The van der Waals surface area contributed by atoms with Crippen molar-refractivity contribution in [3.8, 4) is 0 Å². The van der Waals surface area contributed by atoms with Gasteiger partial charge in [-0.25, -0.2) is 0 Å². The van der Waals surface area contributed by atoms with Crippen LogP contribution < -0.4 is 5.73 Å². The lowest BCUT2D eigenvalue weighted by Gasteiger charge is -2.15. The number of hydrogen-bond acceptors (Lipinski definition) is 2. The zero-order valence-electron chi connectivity index (χ0n) is 9.86. The maximum atomic E-state index is 5.89. The molecular formula is C13H21NS. The number of para-hydroxylation sites is 1. The molecule has 1 nitrogen and oxygen atoms in total. The van der Waals surface area contributed by atoms with Crippen LogP contribution in [0.15, 0.2) is 24.3 Å². The predicted octanol–water partition coefficient (Wildman–Crippen LogP) is 3.59. The Morgan fingerprint density at radius 3 is 2.47 bits per heavy atom. The third-order valence-corrected chi connectivity index (χ3v) is 4.26. The van der Waals surface area contributed by atoms with Crippen molar-refractivity contribution in [1.82, 2.24) is 0 Å². The summed E-state index contributed by atoms with van der Waals surface area (Å²) in [6, 6.07) is 8.15. The van der Waals surface area contributed by atoms with Crippen LogP contribution in [-0.4, -0.2) is 11.0 Å². The molecule has 1 rings (SSSR count). The maximum Gasteiger partial charge on any atom is 0.0346 e. The number of thioether (sulfide) groups is 1. The SMILES string of the molecule is CC(C)C(C)SCCc1ccccc1N. The maximum absolute atomic E-state index is 5.89. The molecule has 0 heterocycles. The molecule has 0 aliphatic rings. The Morgan fingerprint density at radius 2 is 1.87 bits per heavy atom. The van der Waals surface area contributed by atoms with Gasteiger partial charge < -0.3 is 5.73 Å². The lowest BCUT2D eigenvalue weighted by atomic mass is 10.1. The second-order valence-corrected chi connectivity index (χ2v) is 5.75. The van der Waals surface area contributed by atoms with Crippen LogP contribution in [-0.2, 0) is 6.42 Å². The van der Waals surface area contributed by atoms with Gasteiger partial charge in [0, 0.05) is 10.9 Å². The van der Waals surface area contributed by atoms with E-state index in [2.05, 4.69) is 32.9 Å². The van der Waals surface area contributed by atoms with Crippen molar-refractivity contribution in [1.29, 1.82) is 0 Å². The minimum absolute atomic E-state index is 0.731. The molecule has 1 aromatic rings. The van der Waals surface area contributed by atoms with Crippen LogP contribution in [0.5, 0.6) is 0 Å². The highest BCUT2D eigenvalue weighted by Crippen LogP contribution is 2.21. The minimum atomic E-state index is 0.731. The first-order valence-electron chi connectivity index (χ1n) is 5.56. The highest BCUT2D eigenvalue weighted by atomic mass is 32.2. The lowest BCUT2D eigenvalue weighted by molar-refractivity contribution is 0.642. The van der Waals surface area contributed by atoms with Crippen LogP contribution >= 0.6 is 11.8 Å². The van der Waals surface area contributed by atoms with Gasteiger partial charge in [-0.15, -0.1) is 0 Å². The molecule has 1 unspecified atom stereocenters. The van der Waals surface area contributed by atoms with Gasteiger partial charge in [0.25, 0.3) is 0 Å². The summed E-state index contributed by atoms with van der Waals surface area (Å²) in [6.45, 7) is 6.84. The van der Waals surface area contributed by atoms with Crippen LogP contribution in [0.25, 0.3) is 0 Å². The van der Waals surface area contributed by atoms with E-state index in [9.17, 15) is 0 Å². The van der Waals surface area contributed by atoms with Gasteiger partial charge in [-0.1, -0.05) is 39.0 Å². The Balaban J connectivity index is 2.35. The summed E-state index contributed by atoms with van der Waals surface area (Å²) in [7, 11) is 0. The molecule has 0 saturated heterocycles. The summed E-state index contributed by atoms with van der Waals surface area (Å²) in [6.07, 6.45) is 1.08. The smallest absolute Gasteiger partial charge is 0.0346 e. The molecule has 0 aromatic heterocycles. The van der Waals surface area contributed by atoms with Crippen LogP contribution in [0.4, 0.5) is 5.69 Å². The van der Waals surface area contributed by atoms with Gasteiger partial charge in [-0.2, -0.15) is 11.8 Å². The van der Waals surface area contributed by atoms with Crippen molar-refractivity contribution in [2.75, 3.05) is 11.5 Å². The van der Waals surface area contributed by atoms with E-state index in [4.69, 9.17) is 5.73 Å². The predicted molar refractivity (Wildman–Crippen MR) is 71.3 cm³/mol. The largest absolute Gasteiger partial charge is 0.399 e. The van der Waals surface area contributed by atoms with Crippen LogP contribution in [0.3, 0.4) is 0 Å². The van der Waals surface area contributed by atoms with Gasteiger partial charge in [-0.3, -0.25) is 0 Å². The molecule has 2 N–H and O–H groups in total. The van der Waals surface area contributed by atoms with Crippen molar-refractivity contribution >= 4 is 17.4 Å². The molecule has 0 saturated carbocycles. The second-order valence-electron chi connectivity index (χ2n) is 4.27. The molecule has 0 fully saturated rings. The van der Waals surface area contributed by atoms with E-state index in [1.807, 2.05) is 23.9 Å². The summed E-state index contributed by atoms with van der Waals surface area (Å²) < 4.78 is 0. The molecule has 1 aromatic carbocycles. The highest BCUT2D eigenvalue weighted by Gasteiger charge is 2.07. The third kappa shape index (κ3) is 4.17. The first kappa shape index (κ1) is 12.4. The molecule has 2 heteroatoms. The zero-order valence-corrected chi connectivity index (χ0v) is 10.7. The number of nitrogen functional groups attached to an aromatic ring is 1. The van der Waals surface area contributed by atoms with Crippen molar-refractivity contribution < 1.29 is 0 Å². The zero-order chi connectivity index (χ0) is 11.3. The fourth-order valence-corrected chi connectivity index (χ4v) is 2.40. The molecule has 0 spiro atoms.